The average molecular weight is 308 g/mol. The van der Waals surface area contributed by atoms with Crippen LogP contribution in [0.25, 0.3) is 21.9 Å². The predicted molar refractivity (Wildman–Crippen MR) is 90.3 cm³/mol. The van der Waals surface area contributed by atoms with Crippen molar-refractivity contribution >= 4 is 21.9 Å². The molecule has 0 bridgehead atoms. The van der Waals surface area contributed by atoms with Crippen molar-refractivity contribution in [3.8, 4) is 0 Å². The molecule has 118 valence electrons. The Morgan fingerprint density at radius 2 is 1.52 bits per heavy atom. The second-order valence-corrected chi connectivity index (χ2v) is 7.04. The van der Waals surface area contributed by atoms with Gasteiger partial charge in [0.25, 0.3) is 0 Å². The van der Waals surface area contributed by atoms with Crippen molar-refractivity contribution in [1.82, 2.24) is 0 Å². The van der Waals surface area contributed by atoms with Gasteiger partial charge in [0, 0.05) is 22.9 Å². The minimum absolute atomic E-state index is 0.151. The third-order valence-corrected chi connectivity index (χ3v) is 5.61. The first kappa shape index (κ1) is 13.4. The molecule has 2 heterocycles. The molecule has 0 amide bonds. The molecule has 0 N–H and O–H groups in total. The van der Waals surface area contributed by atoms with Crippen molar-refractivity contribution < 1.29 is 8.83 Å². The van der Waals surface area contributed by atoms with E-state index in [1.807, 2.05) is 6.07 Å². The molecule has 3 nitrogen and oxygen atoms in total. The summed E-state index contributed by atoms with van der Waals surface area (Å²) >= 11 is 0. The van der Waals surface area contributed by atoms with Gasteiger partial charge in [-0.1, -0.05) is 0 Å². The van der Waals surface area contributed by atoms with Crippen molar-refractivity contribution in [1.29, 1.82) is 0 Å². The summed E-state index contributed by atoms with van der Waals surface area (Å²) in [7, 11) is 0. The topological polar surface area (TPSA) is 43.4 Å². The summed E-state index contributed by atoms with van der Waals surface area (Å²) in [4.78, 5) is 12.3. The monoisotopic (exact) mass is 308 g/mol. The van der Waals surface area contributed by atoms with E-state index in [2.05, 4.69) is 6.92 Å². The molecule has 0 spiro atoms. The molecule has 0 aliphatic heterocycles. The summed E-state index contributed by atoms with van der Waals surface area (Å²) in [6.07, 6.45) is 8.59. The van der Waals surface area contributed by atoms with Crippen LogP contribution in [0, 0.1) is 6.92 Å². The molecule has 2 aliphatic rings. The summed E-state index contributed by atoms with van der Waals surface area (Å²) in [5.41, 5.74) is 6.13. The zero-order valence-electron chi connectivity index (χ0n) is 13.5. The second-order valence-electron chi connectivity index (χ2n) is 7.04. The van der Waals surface area contributed by atoms with Crippen molar-refractivity contribution in [3.63, 3.8) is 0 Å². The number of hydrogen-bond donors (Lipinski definition) is 0. The first-order valence-corrected chi connectivity index (χ1v) is 8.76. The van der Waals surface area contributed by atoms with E-state index in [0.29, 0.717) is 5.58 Å². The summed E-state index contributed by atoms with van der Waals surface area (Å²) < 4.78 is 12.0. The van der Waals surface area contributed by atoms with Crippen LogP contribution < -0.4 is 5.63 Å². The molecule has 2 aliphatic carbocycles. The van der Waals surface area contributed by atoms with Crippen LogP contribution in [0.15, 0.2) is 19.7 Å². The molecule has 3 aromatic rings. The van der Waals surface area contributed by atoms with Crippen LogP contribution in [0.1, 0.15) is 53.7 Å². The Hall–Kier alpha value is -2.03. The lowest BCUT2D eigenvalue weighted by atomic mass is 9.88. The van der Waals surface area contributed by atoms with Gasteiger partial charge in [0.2, 0.25) is 0 Å². The van der Waals surface area contributed by atoms with E-state index in [1.165, 1.54) is 34.9 Å². The molecule has 1 aromatic carbocycles. The normalized spacial score (nSPS) is 17.4. The van der Waals surface area contributed by atoms with Gasteiger partial charge in [0.05, 0.1) is 5.39 Å². The van der Waals surface area contributed by atoms with Crippen LogP contribution in [0.2, 0.25) is 0 Å². The summed E-state index contributed by atoms with van der Waals surface area (Å²) in [5.74, 6) is 1.15. The van der Waals surface area contributed by atoms with Crippen LogP contribution in [0.5, 0.6) is 0 Å². The maximum atomic E-state index is 12.3. The lowest BCUT2D eigenvalue weighted by Crippen LogP contribution is -2.15. The van der Waals surface area contributed by atoms with E-state index in [-0.39, 0.29) is 5.63 Å². The minimum atomic E-state index is -0.151. The Labute approximate surface area is 134 Å². The maximum absolute atomic E-state index is 12.3. The minimum Gasteiger partial charge on any atom is -0.460 e. The molecule has 0 saturated heterocycles. The van der Waals surface area contributed by atoms with E-state index in [9.17, 15) is 4.79 Å². The first-order chi connectivity index (χ1) is 11.2. The van der Waals surface area contributed by atoms with E-state index in [0.717, 1.165) is 60.8 Å². The van der Waals surface area contributed by atoms with Crippen LogP contribution in [-0.4, -0.2) is 0 Å². The predicted octanol–water partition coefficient (Wildman–Crippen LogP) is 4.61. The molecule has 23 heavy (non-hydrogen) atoms. The lowest BCUT2D eigenvalue weighted by Gasteiger charge is -2.16. The largest absolute Gasteiger partial charge is 0.460 e. The summed E-state index contributed by atoms with van der Waals surface area (Å²) in [6, 6.07) is 2.04. The third kappa shape index (κ3) is 1.79. The second kappa shape index (κ2) is 4.73. The van der Waals surface area contributed by atoms with E-state index < -0.39 is 0 Å². The third-order valence-electron chi connectivity index (χ3n) is 5.61. The molecule has 0 radical (unpaired) electrons. The number of aryl methyl sites for hydroxylation is 4. The number of hydrogen-bond acceptors (Lipinski definition) is 3. The molecule has 0 atom stereocenters. The Morgan fingerprint density at radius 1 is 0.826 bits per heavy atom. The highest BCUT2D eigenvalue weighted by Crippen LogP contribution is 2.40. The summed E-state index contributed by atoms with van der Waals surface area (Å²) in [5, 5.41) is 2.34. The van der Waals surface area contributed by atoms with Crippen molar-refractivity contribution in [3.05, 3.63) is 44.5 Å². The zero-order valence-corrected chi connectivity index (χ0v) is 13.5. The standard InChI is InChI=1S/C20H20O3/c1-11-10-16-18(12-6-2-3-7-13(12)20(21)23-16)19-17(11)14-8-4-5-9-15(14)22-19/h10H,2-9H2,1H3. The molecule has 2 aromatic heterocycles. The molecule has 0 unspecified atom stereocenters. The molecular weight excluding hydrogens is 288 g/mol. The van der Waals surface area contributed by atoms with E-state index in [4.69, 9.17) is 8.83 Å². The number of rotatable bonds is 0. The Kier molecular flexibility index (Phi) is 2.76. The Morgan fingerprint density at radius 3 is 2.35 bits per heavy atom. The molecule has 0 fully saturated rings. The number of fused-ring (bicyclic) bond motifs is 7. The number of benzene rings is 1. The molecule has 5 rings (SSSR count). The van der Waals surface area contributed by atoms with Crippen molar-refractivity contribution in [2.24, 2.45) is 0 Å². The van der Waals surface area contributed by atoms with Gasteiger partial charge in [-0.25, -0.2) is 4.79 Å². The highest BCUT2D eigenvalue weighted by atomic mass is 16.4. The SMILES string of the molecule is Cc1cc2oc(=O)c3c(c2c2oc4c(c12)CCCC4)CCCC3. The van der Waals surface area contributed by atoms with Crippen LogP contribution in [0.3, 0.4) is 0 Å². The van der Waals surface area contributed by atoms with Gasteiger partial charge in [-0.3, -0.25) is 0 Å². The van der Waals surface area contributed by atoms with Crippen LogP contribution >= 0.6 is 0 Å². The highest BCUT2D eigenvalue weighted by Gasteiger charge is 2.25. The lowest BCUT2D eigenvalue weighted by molar-refractivity contribution is 0.505. The first-order valence-electron chi connectivity index (χ1n) is 8.76. The van der Waals surface area contributed by atoms with Crippen LogP contribution in [-0.2, 0) is 25.7 Å². The van der Waals surface area contributed by atoms with E-state index in [1.54, 1.807) is 0 Å². The molecule has 3 heteroatoms. The van der Waals surface area contributed by atoms with Crippen molar-refractivity contribution in [2.45, 2.75) is 58.3 Å². The average Bonchev–Trinajstić information content (AvgIpc) is 2.94. The fourth-order valence-corrected chi connectivity index (χ4v) is 4.55. The summed E-state index contributed by atoms with van der Waals surface area (Å²) in [6.45, 7) is 2.10. The maximum Gasteiger partial charge on any atom is 0.339 e. The van der Waals surface area contributed by atoms with Crippen LogP contribution in [0.4, 0.5) is 0 Å². The van der Waals surface area contributed by atoms with Gasteiger partial charge < -0.3 is 8.83 Å². The highest BCUT2D eigenvalue weighted by molar-refractivity contribution is 6.07. The van der Waals surface area contributed by atoms with Gasteiger partial charge in [0.15, 0.2) is 0 Å². The van der Waals surface area contributed by atoms with Gasteiger partial charge in [-0.2, -0.15) is 0 Å². The molecule has 0 saturated carbocycles. The van der Waals surface area contributed by atoms with Gasteiger partial charge in [-0.05, 0) is 69.1 Å². The molecular formula is C20H20O3. The van der Waals surface area contributed by atoms with Gasteiger partial charge in [-0.15, -0.1) is 0 Å². The number of furan rings is 1. The smallest absolute Gasteiger partial charge is 0.339 e. The fourth-order valence-electron chi connectivity index (χ4n) is 4.55. The van der Waals surface area contributed by atoms with Crippen molar-refractivity contribution in [2.75, 3.05) is 0 Å². The van der Waals surface area contributed by atoms with Gasteiger partial charge in [0.1, 0.15) is 16.9 Å². The Balaban J connectivity index is 1.99. The Bertz CT molecular complexity index is 1000. The van der Waals surface area contributed by atoms with Gasteiger partial charge >= 0.3 is 5.63 Å². The fraction of sp³-hybridized carbons (Fsp3) is 0.450. The zero-order chi connectivity index (χ0) is 15.6. The van der Waals surface area contributed by atoms with E-state index >= 15 is 0 Å². The quantitative estimate of drug-likeness (QED) is 0.570.